The molecule has 130 valence electrons. The van der Waals surface area contributed by atoms with Crippen molar-refractivity contribution in [2.24, 2.45) is 0 Å². The zero-order valence-corrected chi connectivity index (χ0v) is 14.3. The summed E-state index contributed by atoms with van der Waals surface area (Å²) in [4.78, 5) is 22.2. The quantitative estimate of drug-likeness (QED) is 0.504. The number of esters is 1. The monoisotopic (exact) mass is 335 g/mol. The van der Waals surface area contributed by atoms with Crippen LogP contribution in [0.2, 0.25) is 0 Å². The molecule has 7 heteroatoms. The highest BCUT2D eigenvalue weighted by Gasteiger charge is 2.19. The third-order valence-corrected chi connectivity index (χ3v) is 3.31. The molecule has 0 radical (unpaired) electrons. The molecule has 0 aliphatic rings. The van der Waals surface area contributed by atoms with Crippen LogP contribution >= 0.6 is 0 Å². The first kappa shape index (κ1) is 19.3. The molecule has 0 heterocycles. The Morgan fingerprint density at radius 2 is 1.71 bits per heavy atom. The molecular formula is C17H21NO6. The molecule has 0 fully saturated rings. The minimum absolute atomic E-state index is 0.0427. The van der Waals surface area contributed by atoms with Gasteiger partial charge >= 0.3 is 5.97 Å². The normalized spacial score (nSPS) is 11.1. The van der Waals surface area contributed by atoms with Gasteiger partial charge in [-0.25, -0.2) is 0 Å². The topological polar surface area (TPSA) is 94.9 Å². The third-order valence-electron chi connectivity index (χ3n) is 3.31. The van der Waals surface area contributed by atoms with Crippen molar-refractivity contribution in [2.75, 3.05) is 27.9 Å². The summed E-state index contributed by atoms with van der Waals surface area (Å²) in [5.74, 6) is -0.0518. The molecule has 0 aromatic heterocycles. The number of ether oxygens (including phenoxy) is 4. The Balaban J connectivity index is 2.87. The number of carbonyl (C=O) groups is 2. The van der Waals surface area contributed by atoms with Crippen molar-refractivity contribution >= 4 is 11.8 Å². The molecule has 1 aromatic rings. The Kier molecular flexibility index (Phi) is 7.56. The van der Waals surface area contributed by atoms with Crippen LogP contribution in [0, 0.1) is 11.3 Å². The zero-order valence-electron chi connectivity index (χ0n) is 14.3. The Hall–Kier alpha value is -2.75. The van der Waals surface area contributed by atoms with Gasteiger partial charge < -0.3 is 18.9 Å². The van der Waals surface area contributed by atoms with Gasteiger partial charge in [-0.05, 0) is 24.6 Å². The van der Waals surface area contributed by atoms with Gasteiger partial charge in [0.1, 0.15) is 12.2 Å². The van der Waals surface area contributed by atoms with E-state index >= 15 is 0 Å². The fourth-order valence-corrected chi connectivity index (χ4v) is 2.15. The lowest BCUT2D eigenvalue weighted by Gasteiger charge is -2.16. The average Bonchev–Trinajstić information content (AvgIpc) is 2.56. The molecule has 0 aliphatic carbocycles. The van der Waals surface area contributed by atoms with Crippen LogP contribution in [0.3, 0.4) is 0 Å². The second-order valence-corrected chi connectivity index (χ2v) is 5.03. The first-order valence-electron chi connectivity index (χ1n) is 7.31. The molecule has 24 heavy (non-hydrogen) atoms. The molecule has 0 saturated heterocycles. The molecule has 0 N–H and O–H groups in total. The maximum Gasteiger partial charge on any atom is 0.313 e. The van der Waals surface area contributed by atoms with E-state index in [0.717, 1.165) is 0 Å². The predicted octanol–water partition coefficient (Wildman–Crippen LogP) is 2.23. The zero-order chi connectivity index (χ0) is 18.1. The van der Waals surface area contributed by atoms with E-state index in [1.807, 2.05) is 0 Å². The van der Waals surface area contributed by atoms with Crippen molar-refractivity contribution < 1.29 is 28.5 Å². The molecular weight excluding hydrogens is 314 g/mol. The summed E-state index contributed by atoms with van der Waals surface area (Å²) in [6, 6.07) is 5.54. The van der Waals surface area contributed by atoms with E-state index in [1.165, 1.54) is 28.3 Å². The van der Waals surface area contributed by atoms with Gasteiger partial charge in [0.25, 0.3) is 0 Å². The summed E-state index contributed by atoms with van der Waals surface area (Å²) in [6.07, 6.45) is 0.0280. The number of Topliss-reactive ketones (excluding diaryl/α,β-unsaturated/α-hetero) is 1. The molecule has 0 spiro atoms. The highest BCUT2D eigenvalue weighted by Crippen LogP contribution is 2.40. The average molecular weight is 335 g/mol. The summed E-state index contributed by atoms with van der Waals surface area (Å²) in [6.45, 7) is 1.36. The summed E-state index contributed by atoms with van der Waals surface area (Å²) in [5.41, 5.74) is 0.662. The maximum atomic E-state index is 11.4. The lowest BCUT2D eigenvalue weighted by Crippen LogP contribution is -2.11. The first-order valence-corrected chi connectivity index (χ1v) is 7.31. The van der Waals surface area contributed by atoms with Crippen LogP contribution in [0.5, 0.6) is 17.2 Å². The van der Waals surface area contributed by atoms with Gasteiger partial charge in [0.05, 0.1) is 39.9 Å². The predicted molar refractivity (Wildman–Crippen MR) is 85.3 cm³/mol. The van der Waals surface area contributed by atoms with E-state index < -0.39 is 11.9 Å². The van der Waals surface area contributed by atoms with Gasteiger partial charge in [-0.2, -0.15) is 5.26 Å². The van der Waals surface area contributed by atoms with Crippen LogP contribution in [-0.4, -0.2) is 39.7 Å². The van der Waals surface area contributed by atoms with Crippen LogP contribution in [0.1, 0.15) is 31.2 Å². The van der Waals surface area contributed by atoms with E-state index in [0.29, 0.717) is 29.2 Å². The second kappa shape index (κ2) is 9.40. The smallest absolute Gasteiger partial charge is 0.313 e. The van der Waals surface area contributed by atoms with Gasteiger partial charge in [-0.1, -0.05) is 0 Å². The highest BCUT2D eigenvalue weighted by molar-refractivity contribution is 5.94. The van der Waals surface area contributed by atoms with Crippen molar-refractivity contribution in [3.63, 3.8) is 0 Å². The van der Waals surface area contributed by atoms with E-state index in [-0.39, 0.29) is 18.8 Å². The fourth-order valence-electron chi connectivity index (χ4n) is 2.15. The number of benzene rings is 1. The number of hydrogen-bond donors (Lipinski definition) is 0. The second-order valence-electron chi connectivity index (χ2n) is 5.03. The summed E-state index contributed by atoms with van der Waals surface area (Å²) >= 11 is 0. The molecule has 0 amide bonds. The van der Waals surface area contributed by atoms with Gasteiger partial charge in [-0.3, -0.25) is 9.59 Å². The van der Waals surface area contributed by atoms with E-state index in [1.54, 1.807) is 12.1 Å². The minimum Gasteiger partial charge on any atom is -0.493 e. The van der Waals surface area contributed by atoms with E-state index in [4.69, 9.17) is 18.9 Å². The van der Waals surface area contributed by atoms with Crippen molar-refractivity contribution in [3.05, 3.63) is 17.7 Å². The summed E-state index contributed by atoms with van der Waals surface area (Å²) in [5, 5.41) is 9.39. The number of methoxy groups -OCH3 is 3. The molecule has 1 rings (SSSR count). The van der Waals surface area contributed by atoms with Gasteiger partial charge in [0.2, 0.25) is 5.75 Å². The van der Waals surface area contributed by atoms with Crippen LogP contribution in [0.15, 0.2) is 12.1 Å². The Morgan fingerprint density at radius 1 is 1.12 bits per heavy atom. The third kappa shape index (κ3) is 5.16. The number of nitrogens with zero attached hydrogens (tertiary/aromatic N) is 1. The fraction of sp³-hybridized carbons (Fsp3) is 0.471. The van der Waals surface area contributed by atoms with Crippen molar-refractivity contribution in [1.29, 1.82) is 5.26 Å². The summed E-state index contributed by atoms with van der Waals surface area (Å²) in [7, 11) is 4.48. The molecule has 1 atom stereocenters. The van der Waals surface area contributed by atoms with Gasteiger partial charge in [0.15, 0.2) is 11.5 Å². The number of ketones is 1. The van der Waals surface area contributed by atoms with E-state index in [9.17, 15) is 14.9 Å². The van der Waals surface area contributed by atoms with E-state index in [2.05, 4.69) is 6.07 Å². The molecule has 7 nitrogen and oxygen atoms in total. The van der Waals surface area contributed by atoms with Crippen molar-refractivity contribution in [2.45, 2.75) is 25.7 Å². The van der Waals surface area contributed by atoms with Crippen LogP contribution in [0.4, 0.5) is 0 Å². The van der Waals surface area contributed by atoms with Crippen LogP contribution < -0.4 is 14.2 Å². The largest absolute Gasteiger partial charge is 0.493 e. The number of hydrogen-bond acceptors (Lipinski definition) is 7. The Labute approximate surface area is 141 Å². The number of nitriles is 1. The van der Waals surface area contributed by atoms with Gasteiger partial charge in [0, 0.05) is 6.42 Å². The van der Waals surface area contributed by atoms with Crippen molar-refractivity contribution in [1.82, 2.24) is 0 Å². The number of rotatable bonds is 9. The molecule has 1 unspecified atom stereocenters. The number of carbonyl (C=O) groups excluding carboxylic acids is 2. The summed E-state index contributed by atoms with van der Waals surface area (Å²) < 4.78 is 20.7. The standard InChI is InChI=1S/C17H21NO6/c1-11(19)7-16(20)24-6-5-12(10-18)13-8-14(21-2)17(23-4)15(9-13)22-3/h8-9,12H,5-7H2,1-4H3. The van der Waals surface area contributed by atoms with Crippen LogP contribution in [-0.2, 0) is 14.3 Å². The maximum absolute atomic E-state index is 11.4. The first-order chi connectivity index (χ1) is 11.5. The minimum atomic E-state index is -0.593. The molecule has 0 saturated carbocycles. The van der Waals surface area contributed by atoms with Crippen LogP contribution in [0.25, 0.3) is 0 Å². The SMILES string of the molecule is COc1cc(C(C#N)CCOC(=O)CC(C)=O)cc(OC)c1OC. The highest BCUT2D eigenvalue weighted by atomic mass is 16.5. The van der Waals surface area contributed by atoms with Gasteiger partial charge in [-0.15, -0.1) is 0 Å². The van der Waals surface area contributed by atoms with Crippen molar-refractivity contribution in [3.8, 4) is 23.3 Å². The molecule has 0 bridgehead atoms. The Bertz CT molecular complexity index is 609. The lowest BCUT2D eigenvalue weighted by molar-refractivity contribution is -0.145. The molecule has 0 aliphatic heterocycles. The molecule has 1 aromatic carbocycles. The Morgan fingerprint density at radius 3 is 2.12 bits per heavy atom. The lowest BCUT2D eigenvalue weighted by atomic mass is 9.96.